The lowest BCUT2D eigenvalue weighted by molar-refractivity contribution is -0.137. The Labute approximate surface area is 177 Å². The minimum absolute atomic E-state index is 0.0278. The van der Waals surface area contributed by atoms with E-state index in [-0.39, 0.29) is 24.4 Å². The predicted octanol–water partition coefficient (Wildman–Crippen LogP) is 3.56. The quantitative estimate of drug-likeness (QED) is 0.419. The van der Waals surface area contributed by atoms with Gasteiger partial charge in [-0.3, -0.25) is 9.79 Å². The van der Waals surface area contributed by atoms with Gasteiger partial charge in [0, 0.05) is 36.8 Å². The monoisotopic (exact) mass is 404 g/mol. The number of aliphatic imine (C=N–C) groups is 1. The first-order valence-corrected chi connectivity index (χ1v) is 10.4. The second kappa shape index (κ2) is 8.71. The number of carbonyl (C=O) groups is 1. The van der Waals surface area contributed by atoms with Crippen LogP contribution in [0.5, 0.6) is 0 Å². The molecule has 0 aromatic heterocycles. The molecule has 0 spiro atoms. The van der Waals surface area contributed by atoms with Crippen LogP contribution in [0.2, 0.25) is 0 Å². The zero-order chi connectivity index (χ0) is 21.1. The van der Waals surface area contributed by atoms with Crippen molar-refractivity contribution in [1.29, 1.82) is 0 Å². The molecule has 0 bridgehead atoms. The maximum atomic E-state index is 11.5. The van der Waals surface area contributed by atoms with E-state index in [0.29, 0.717) is 6.42 Å². The molecule has 1 fully saturated rings. The Bertz CT molecular complexity index is 943. The molecule has 4 rings (SSSR count). The Kier molecular flexibility index (Phi) is 5.86. The van der Waals surface area contributed by atoms with Crippen LogP contribution in [0.25, 0.3) is 0 Å². The van der Waals surface area contributed by atoms with E-state index in [9.17, 15) is 9.90 Å². The summed E-state index contributed by atoms with van der Waals surface area (Å²) in [5.74, 6) is 5.88. The molecule has 0 radical (unpaired) electrons. The van der Waals surface area contributed by atoms with E-state index in [1.165, 1.54) is 5.56 Å². The summed E-state index contributed by atoms with van der Waals surface area (Å²) in [4.78, 5) is 17.8. The first-order chi connectivity index (χ1) is 14.6. The molecule has 30 heavy (non-hydrogen) atoms. The highest BCUT2D eigenvalue weighted by atomic mass is 16.4. The molecule has 3 N–H and O–H groups in total. The maximum absolute atomic E-state index is 11.5. The standard InChI is InChI=1S/C24H28N4O2/c1-26-15-19(13-17-7-3-2-4-8-17)28(25)18-11-12-23-21(14-24(29)30)20-9-5-6-10-22(20)27(23)16-18/h2-10,15,18,21,23H,1,11-14,16,25H2,(H,29,30). The lowest BCUT2D eigenvalue weighted by Crippen LogP contribution is -2.53. The Hall–Kier alpha value is -3.12. The van der Waals surface area contributed by atoms with Crippen molar-refractivity contribution >= 4 is 18.4 Å². The van der Waals surface area contributed by atoms with Gasteiger partial charge in [-0.1, -0.05) is 48.5 Å². The summed E-state index contributed by atoms with van der Waals surface area (Å²) < 4.78 is 0. The third-order valence-corrected chi connectivity index (χ3v) is 6.30. The molecule has 3 atom stereocenters. The number of piperidine rings is 1. The molecule has 6 heteroatoms. The number of aliphatic carboxylic acids is 1. The molecule has 0 saturated carbocycles. The highest BCUT2D eigenvalue weighted by Gasteiger charge is 2.43. The van der Waals surface area contributed by atoms with Crippen molar-refractivity contribution in [2.24, 2.45) is 10.8 Å². The van der Waals surface area contributed by atoms with E-state index in [1.54, 1.807) is 6.20 Å². The number of nitrogens with zero attached hydrogens (tertiary/aromatic N) is 3. The van der Waals surface area contributed by atoms with Gasteiger partial charge in [0.2, 0.25) is 0 Å². The molecule has 156 valence electrons. The number of nitrogens with two attached hydrogens (primary N) is 1. The number of hydrogen-bond donors (Lipinski definition) is 2. The first kappa shape index (κ1) is 20.2. The van der Waals surface area contributed by atoms with Gasteiger partial charge in [-0.15, -0.1) is 0 Å². The van der Waals surface area contributed by atoms with Crippen LogP contribution in [-0.4, -0.2) is 41.4 Å². The van der Waals surface area contributed by atoms with Crippen molar-refractivity contribution in [3.05, 3.63) is 77.6 Å². The average Bonchev–Trinajstić information content (AvgIpc) is 3.06. The van der Waals surface area contributed by atoms with Gasteiger partial charge in [-0.25, -0.2) is 5.84 Å². The fraction of sp³-hybridized carbons (Fsp3) is 0.333. The lowest BCUT2D eigenvalue weighted by atomic mass is 9.86. The van der Waals surface area contributed by atoms with Gasteiger partial charge in [0.15, 0.2) is 0 Å². The van der Waals surface area contributed by atoms with E-state index < -0.39 is 5.97 Å². The Morgan fingerprint density at radius 2 is 1.93 bits per heavy atom. The number of fused-ring (bicyclic) bond motifs is 3. The van der Waals surface area contributed by atoms with Crippen LogP contribution < -0.4 is 10.7 Å². The SMILES string of the molecule is C=NC=C(Cc1ccccc1)N(N)C1CCC2C(CC(=O)O)c3ccccc3N2C1. The summed E-state index contributed by atoms with van der Waals surface area (Å²) >= 11 is 0. The number of allylic oxidation sites excluding steroid dienone is 1. The van der Waals surface area contributed by atoms with E-state index in [0.717, 1.165) is 36.3 Å². The van der Waals surface area contributed by atoms with Crippen molar-refractivity contribution in [3.8, 4) is 0 Å². The van der Waals surface area contributed by atoms with E-state index in [2.05, 4.69) is 40.9 Å². The fourth-order valence-corrected chi connectivity index (χ4v) is 4.95. The van der Waals surface area contributed by atoms with Crippen molar-refractivity contribution in [1.82, 2.24) is 5.01 Å². The van der Waals surface area contributed by atoms with Gasteiger partial charge in [0.1, 0.15) is 0 Å². The number of hydrazine groups is 1. The van der Waals surface area contributed by atoms with E-state index in [4.69, 9.17) is 5.84 Å². The van der Waals surface area contributed by atoms with E-state index >= 15 is 0 Å². The third-order valence-electron chi connectivity index (χ3n) is 6.30. The molecular weight excluding hydrogens is 376 g/mol. The largest absolute Gasteiger partial charge is 0.481 e. The van der Waals surface area contributed by atoms with Crippen LogP contribution in [0.3, 0.4) is 0 Å². The smallest absolute Gasteiger partial charge is 0.304 e. The number of anilines is 1. The normalized spacial score (nSPS) is 22.9. The molecule has 2 aromatic rings. The minimum Gasteiger partial charge on any atom is -0.481 e. The topological polar surface area (TPSA) is 82.2 Å². The highest BCUT2D eigenvalue weighted by molar-refractivity contribution is 5.72. The highest BCUT2D eigenvalue weighted by Crippen LogP contribution is 2.46. The van der Waals surface area contributed by atoms with Gasteiger partial charge in [-0.2, -0.15) is 0 Å². The second-order valence-corrected chi connectivity index (χ2v) is 8.09. The maximum Gasteiger partial charge on any atom is 0.304 e. The number of benzene rings is 2. The minimum atomic E-state index is -0.746. The lowest BCUT2D eigenvalue weighted by Gasteiger charge is -2.43. The molecule has 6 nitrogen and oxygen atoms in total. The number of carboxylic acid groups (broad SMARTS) is 1. The number of hydrogen-bond acceptors (Lipinski definition) is 5. The van der Waals surface area contributed by atoms with Crippen molar-refractivity contribution in [2.45, 2.75) is 43.7 Å². The first-order valence-electron chi connectivity index (χ1n) is 10.4. The summed E-state index contributed by atoms with van der Waals surface area (Å²) in [6, 6.07) is 18.7. The van der Waals surface area contributed by atoms with Gasteiger partial charge in [0.05, 0.1) is 18.2 Å². The molecule has 2 aliphatic heterocycles. The van der Waals surface area contributed by atoms with Crippen molar-refractivity contribution in [3.63, 3.8) is 0 Å². The number of rotatable bonds is 7. The summed E-state index contributed by atoms with van der Waals surface area (Å²) in [5.41, 5.74) is 4.38. The van der Waals surface area contributed by atoms with Crippen LogP contribution in [0, 0.1) is 0 Å². The zero-order valence-corrected chi connectivity index (χ0v) is 17.0. The molecule has 2 aliphatic rings. The average molecular weight is 405 g/mol. The molecule has 2 heterocycles. The molecule has 1 saturated heterocycles. The summed E-state index contributed by atoms with van der Waals surface area (Å²) in [5, 5.41) is 11.3. The number of carboxylic acids is 1. The van der Waals surface area contributed by atoms with Gasteiger partial charge in [0.25, 0.3) is 0 Å². The zero-order valence-electron chi connectivity index (χ0n) is 17.0. The van der Waals surface area contributed by atoms with Crippen molar-refractivity contribution < 1.29 is 9.90 Å². The second-order valence-electron chi connectivity index (χ2n) is 8.09. The third kappa shape index (κ3) is 3.96. The Morgan fingerprint density at radius 3 is 2.67 bits per heavy atom. The summed E-state index contributed by atoms with van der Waals surface area (Å²) in [7, 11) is 0. The molecule has 3 unspecified atom stereocenters. The van der Waals surface area contributed by atoms with Gasteiger partial charge < -0.3 is 15.0 Å². The van der Waals surface area contributed by atoms with Gasteiger partial charge in [-0.05, 0) is 36.8 Å². The van der Waals surface area contributed by atoms with E-state index in [1.807, 2.05) is 35.3 Å². The fourth-order valence-electron chi connectivity index (χ4n) is 4.95. The summed E-state index contributed by atoms with van der Waals surface area (Å²) in [6.45, 7) is 4.38. The van der Waals surface area contributed by atoms with Crippen LogP contribution >= 0.6 is 0 Å². The molecule has 2 aromatic carbocycles. The Balaban J connectivity index is 1.54. The summed E-state index contributed by atoms with van der Waals surface area (Å²) in [6.07, 6.45) is 4.41. The van der Waals surface area contributed by atoms with Crippen LogP contribution in [0.1, 0.15) is 36.3 Å². The van der Waals surface area contributed by atoms with Crippen LogP contribution in [0.15, 0.2) is 71.5 Å². The predicted molar refractivity (Wildman–Crippen MR) is 119 cm³/mol. The molecular formula is C24H28N4O2. The van der Waals surface area contributed by atoms with Crippen molar-refractivity contribution in [2.75, 3.05) is 11.4 Å². The number of para-hydroxylation sites is 1. The molecule has 0 amide bonds. The molecule has 0 aliphatic carbocycles. The van der Waals surface area contributed by atoms with Crippen LogP contribution in [-0.2, 0) is 11.2 Å². The van der Waals surface area contributed by atoms with Gasteiger partial charge >= 0.3 is 5.97 Å². The van der Waals surface area contributed by atoms with Crippen LogP contribution in [0.4, 0.5) is 5.69 Å². The Morgan fingerprint density at radius 1 is 1.20 bits per heavy atom.